The van der Waals surface area contributed by atoms with Gasteiger partial charge in [-0.1, -0.05) is 34.1 Å². The summed E-state index contributed by atoms with van der Waals surface area (Å²) in [6.07, 6.45) is 1.58. The maximum atomic E-state index is 11.2. The van der Waals surface area contributed by atoms with Crippen molar-refractivity contribution in [3.8, 4) is 0 Å². The van der Waals surface area contributed by atoms with E-state index < -0.39 is 0 Å². The number of hydroxylamine groups is 1. The van der Waals surface area contributed by atoms with Gasteiger partial charge in [-0.25, -0.2) is 5.48 Å². The van der Waals surface area contributed by atoms with Crippen molar-refractivity contribution < 1.29 is 9.63 Å². The Morgan fingerprint density at radius 1 is 1.38 bits per heavy atom. The normalized spacial score (nSPS) is 13.0. The third-order valence-corrected chi connectivity index (χ3v) is 1.83. The molecule has 0 aromatic rings. The SMILES string of the molecule is CCC(C)CC(=O)NOCC(C)C. The fourth-order valence-corrected chi connectivity index (χ4v) is 0.791. The Morgan fingerprint density at radius 2 is 2.00 bits per heavy atom. The molecule has 3 nitrogen and oxygen atoms in total. The molecule has 0 aliphatic carbocycles. The zero-order valence-electron chi connectivity index (χ0n) is 9.09. The molecule has 1 atom stereocenters. The minimum absolute atomic E-state index is 0.0185. The lowest BCUT2D eigenvalue weighted by Crippen LogP contribution is -2.26. The molecule has 0 saturated heterocycles. The lowest BCUT2D eigenvalue weighted by Gasteiger charge is -2.10. The van der Waals surface area contributed by atoms with Crippen molar-refractivity contribution in [1.29, 1.82) is 0 Å². The molecule has 0 radical (unpaired) electrons. The molecule has 1 N–H and O–H groups in total. The highest BCUT2D eigenvalue weighted by Crippen LogP contribution is 2.05. The van der Waals surface area contributed by atoms with E-state index >= 15 is 0 Å². The summed E-state index contributed by atoms with van der Waals surface area (Å²) in [5.74, 6) is 0.863. The summed E-state index contributed by atoms with van der Waals surface area (Å²) >= 11 is 0. The van der Waals surface area contributed by atoms with E-state index in [1.54, 1.807) is 0 Å². The van der Waals surface area contributed by atoms with E-state index in [0.29, 0.717) is 24.9 Å². The Morgan fingerprint density at radius 3 is 2.46 bits per heavy atom. The van der Waals surface area contributed by atoms with Gasteiger partial charge in [0.05, 0.1) is 6.61 Å². The average Bonchev–Trinajstić information content (AvgIpc) is 2.03. The van der Waals surface area contributed by atoms with Crippen LogP contribution in [-0.4, -0.2) is 12.5 Å². The molecule has 1 amide bonds. The molecule has 1 unspecified atom stereocenters. The Bertz CT molecular complexity index is 146. The third kappa shape index (κ3) is 7.78. The van der Waals surface area contributed by atoms with Crippen LogP contribution in [0.4, 0.5) is 0 Å². The monoisotopic (exact) mass is 187 g/mol. The average molecular weight is 187 g/mol. The van der Waals surface area contributed by atoms with Crippen LogP contribution in [0, 0.1) is 11.8 Å². The van der Waals surface area contributed by atoms with Crippen LogP contribution in [-0.2, 0) is 9.63 Å². The first-order valence-electron chi connectivity index (χ1n) is 4.96. The van der Waals surface area contributed by atoms with E-state index in [9.17, 15) is 4.79 Å². The van der Waals surface area contributed by atoms with E-state index in [4.69, 9.17) is 4.84 Å². The fraction of sp³-hybridized carbons (Fsp3) is 0.900. The topological polar surface area (TPSA) is 38.3 Å². The van der Waals surface area contributed by atoms with Gasteiger partial charge in [0.25, 0.3) is 0 Å². The molecular formula is C10H21NO2. The number of rotatable bonds is 6. The van der Waals surface area contributed by atoms with Crippen molar-refractivity contribution in [3.05, 3.63) is 0 Å². The molecule has 0 fully saturated rings. The summed E-state index contributed by atoms with van der Waals surface area (Å²) in [6, 6.07) is 0. The van der Waals surface area contributed by atoms with Gasteiger partial charge in [0.1, 0.15) is 0 Å². The molecule has 0 saturated carbocycles. The second-order valence-corrected chi connectivity index (χ2v) is 3.95. The Labute approximate surface area is 80.8 Å². The molecule has 0 heterocycles. The summed E-state index contributed by atoms with van der Waals surface area (Å²) in [4.78, 5) is 16.2. The maximum Gasteiger partial charge on any atom is 0.243 e. The molecule has 0 bridgehead atoms. The van der Waals surface area contributed by atoms with E-state index in [2.05, 4.69) is 19.3 Å². The number of amides is 1. The minimum atomic E-state index is -0.0185. The summed E-state index contributed by atoms with van der Waals surface area (Å²) in [6.45, 7) is 8.79. The van der Waals surface area contributed by atoms with Crippen LogP contribution in [0.1, 0.15) is 40.5 Å². The van der Waals surface area contributed by atoms with Gasteiger partial charge in [0, 0.05) is 6.42 Å². The van der Waals surface area contributed by atoms with Crippen molar-refractivity contribution in [2.45, 2.75) is 40.5 Å². The minimum Gasteiger partial charge on any atom is -0.273 e. The zero-order chi connectivity index (χ0) is 10.3. The van der Waals surface area contributed by atoms with Gasteiger partial charge < -0.3 is 0 Å². The number of hydrogen-bond acceptors (Lipinski definition) is 2. The Hall–Kier alpha value is -0.570. The van der Waals surface area contributed by atoms with Crippen LogP contribution < -0.4 is 5.48 Å². The quantitative estimate of drug-likeness (QED) is 0.647. The van der Waals surface area contributed by atoms with Gasteiger partial charge in [-0.15, -0.1) is 0 Å². The lowest BCUT2D eigenvalue weighted by atomic mass is 10.1. The van der Waals surface area contributed by atoms with Gasteiger partial charge in [0.2, 0.25) is 5.91 Å². The van der Waals surface area contributed by atoms with Crippen molar-refractivity contribution in [2.24, 2.45) is 11.8 Å². The van der Waals surface area contributed by atoms with Gasteiger partial charge in [-0.3, -0.25) is 9.63 Å². The van der Waals surface area contributed by atoms with Gasteiger partial charge >= 0.3 is 0 Å². The smallest absolute Gasteiger partial charge is 0.243 e. The molecule has 0 rings (SSSR count). The Balaban J connectivity index is 3.41. The fourth-order valence-electron chi connectivity index (χ4n) is 0.791. The highest BCUT2D eigenvalue weighted by Gasteiger charge is 2.06. The number of hydrogen-bond donors (Lipinski definition) is 1. The molecule has 13 heavy (non-hydrogen) atoms. The molecular weight excluding hydrogens is 166 g/mol. The number of carbonyl (C=O) groups excluding carboxylic acids is 1. The van der Waals surface area contributed by atoms with Crippen LogP contribution >= 0.6 is 0 Å². The van der Waals surface area contributed by atoms with Crippen molar-refractivity contribution in [3.63, 3.8) is 0 Å². The largest absolute Gasteiger partial charge is 0.273 e. The highest BCUT2D eigenvalue weighted by molar-refractivity contribution is 5.74. The molecule has 0 aliphatic heterocycles. The first-order valence-corrected chi connectivity index (χ1v) is 4.96. The van der Waals surface area contributed by atoms with Crippen LogP contribution in [0.25, 0.3) is 0 Å². The first-order chi connectivity index (χ1) is 6.06. The van der Waals surface area contributed by atoms with E-state index in [-0.39, 0.29) is 5.91 Å². The second kappa shape index (κ2) is 6.89. The molecule has 78 valence electrons. The molecule has 0 aromatic carbocycles. The summed E-state index contributed by atoms with van der Waals surface area (Å²) in [5, 5.41) is 0. The van der Waals surface area contributed by atoms with E-state index in [1.807, 2.05) is 13.8 Å². The summed E-state index contributed by atoms with van der Waals surface area (Å²) in [5.41, 5.74) is 2.44. The van der Waals surface area contributed by atoms with Crippen molar-refractivity contribution in [1.82, 2.24) is 5.48 Å². The first kappa shape index (κ1) is 12.4. The van der Waals surface area contributed by atoms with E-state index in [0.717, 1.165) is 6.42 Å². The highest BCUT2D eigenvalue weighted by atomic mass is 16.6. The molecule has 3 heteroatoms. The van der Waals surface area contributed by atoms with Gasteiger partial charge in [-0.05, 0) is 11.8 Å². The van der Waals surface area contributed by atoms with Crippen LogP contribution in [0.5, 0.6) is 0 Å². The van der Waals surface area contributed by atoms with E-state index in [1.165, 1.54) is 0 Å². The standard InChI is InChI=1S/C10H21NO2/c1-5-9(4)6-10(12)11-13-7-8(2)3/h8-9H,5-7H2,1-4H3,(H,11,12). The maximum absolute atomic E-state index is 11.2. The predicted molar refractivity (Wildman–Crippen MR) is 53.0 cm³/mol. The van der Waals surface area contributed by atoms with Crippen LogP contribution in [0.2, 0.25) is 0 Å². The molecule has 0 aromatic heterocycles. The lowest BCUT2D eigenvalue weighted by molar-refractivity contribution is -0.135. The number of nitrogens with one attached hydrogen (secondary N) is 1. The van der Waals surface area contributed by atoms with Gasteiger partial charge in [-0.2, -0.15) is 0 Å². The predicted octanol–water partition coefficient (Wildman–Crippen LogP) is 2.13. The van der Waals surface area contributed by atoms with Crippen molar-refractivity contribution >= 4 is 5.91 Å². The van der Waals surface area contributed by atoms with Gasteiger partial charge in [0.15, 0.2) is 0 Å². The Kier molecular flexibility index (Phi) is 6.59. The van der Waals surface area contributed by atoms with Crippen LogP contribution in [0.15, 0.2) is 0 Å². The van der Waals surface area contributed by atoms with Crippen molar-refractivity contribution in [2.75, 3.05) is 6.61 Å². The summed E-state index contributed by atoms with van der Waals surface area (Å²) < 4.78 is 0. The molecule has 0 spiro atoms. The third-order valence-electron chi connectivity index (χ3n) is 1.83. The number of carbonyl (C=O) groups is 1. The molecule has 0 aliphatic rings. The second-order valence-electron chi connectivity index (χ2n) is 3.95. The zero-order valence-corrected chi connectivity index (χ0v) is 9.09. The summed E-state index contributed by atoms with van der Waals surface area (Å²) in [7, 11) is 0. The van der Waals surface area contributed by atoms with Crippen LogP contribution in [0.3, 0.4) is 0 Å².